The van der Waals surface area contributed by atoms with Crippen LogP contribution in [0.4, 0.5) is 5.69 Å². The summed E-state index contributed by atoms with van der Waals surface area (Å²) in [6, 6.07) is 17.0. The third-order valence-corrected chi connectivity index (χ3v) is 4.80. The fraction of sp³-hybridized carbons (Fsp3) is 0.182. The molecule has 0 saturated carbocycles. The predicted molar refractivity (Wildman–Crippen MR) is 120 cm³/mol. The number of anilines is 1. The van der Waals surface area contributed by atoms with E-state index in [0.29, 0.717) is 5.69 Å². The van der Waals surface area contributed by atoms with Crippen LogP contribution in [0.1, 0.15) is 35.9 Å². The monoisotopic (exact) mass is 419 g/mol. The first-order chi connectivity index (χ1) is 14.6. The molecule has 8 heteroatoms. The second-order valence-electron chi connectivity index (χ2n) is 6.85. The lowest BCUT2D eigenvalue weighted by Gasteiger charge is -2.08. The summed E-state index contributed by atoms with van der Waals surface area (Å²) < 4.78 is 5.05. The SMILES string of the molecule is CCCCc1ccc(-n2nc3ccc(NC(=S)NC(=O)c4ccco4)cc3n2)cc1. The molecule has 0 spiro atoms. The largest absolute Gasteiger partial charge is 0.459 e. The Labute approximate surface area is 179 Å². The third-order valence-electron chi connectivity index (χ3n) is 4.60. The molecule has 7 nitrogen and oxygen atoms in total. The Balaban J connectivity index is 1.45. The van der Waals surface area contributed by atoms with Crippen molar-refractivity contribution in [3.63, 3.8) is 0 Å². The maximum absolute atomic E-state index is 12.0. The molecular formula is C22H21N5O2S. The van der Waals surface area contributed by atoms with Gasteiger partial charge in [-0.15, -0.1) is 10.2 Å². The average Bonchev–Trinajstić information content (AvgIpc) is 3.42. The standard InChI is InChI=1S/C22H21N5O2S/c1-2-3-5-15-7-10-17(11-8-15)27-25-18-12-9-16(14-19(18)26-27)23-22(30)24-21(28)20-6-4-13-29-20/h4,6-14H,2-3,5H2,1H3,(H2,23,24,28,30). The van der Waals surface area contributed by atoms with Gasteiger partial charge in [0.1, 0.15) is 11.0 Å². The lowest BCUT2D eigenvalue weighted by molar-refractivity contribution is 0.0950. The number of thiocarbonyl (C=S) groups is 1. The summed E-state index contributed by atoms with van der Waals surface area (Å²) in [5, 5.41) is 14.8. The van der Waals surface area contributed by atoms with Crippen LogP contribution in [-0.2, 0) is 6.42 Å². The van der Waals surface area contributed by atoms with E-state index in [1.54, 1.807) is 16.9 Å². The van der Waals surface area contributed by atoms with E-state index in [4.69, 9.17) is 16.6 Å². The maximum Gasteiger partial charge on any atom is 0.293 e. The Kier molecular flexibility index (Phi) is 5.85. The summed E-state index contributed by atoms with van der Waals surface area (Å²) in [4.78, 5) is 13.6. The molecule has 4 aromatic rings. The van der Waals surface area contributed by atoms with Crippen molar-refractivity contribution in [2.24, 2.45) is 0 Å². The molecule has 0 aliphatic rings. The highest BCUT2D eigenvalue weighted by molar-refractivity contribution is 7.80. The Bertz CT molecular complexity index is 1170. The first kappa shape index (κ1) is 19.8. The molecule has 152 valence electrons. The lowest BCUT2D eigenvalue weighted by atomic mass is 10.1. The van der Waals surface area contributed by atoms with E-state index >= 15 is 0 Å². The number of amides is 1. The molecule has 2 N–H and O–H groups in total. The predicted octanol–water partition coefficient (Wildman–Crippen LogP) is 4.48. The zero-order valence-electron chi connectivity index (χ0n) is 16.5. The summed E-state index contributed by atoms with van der Waals surface area (Å²) in [6.45, 7) is 2.19. The summed E-state index contributed by atoms with van der Waals surface area (Å²) in [5.74, 6) is -0.217. The molecule has 2 aromatic carbocycles. The molecule has 0 radical (unpaired) electrons. The van der Waals surface area contributed by atoms with Crippen molar-refractivity contribution < 1.29 is 9.21 Å². The first-order valence-corrected chi connectivity index (χ1v) is 10.2. The van der Waals surface area contributed by atoms with Crippen LogP contribution in [0.15, 0.2) is 65.3 Å². The molecule has 30 heavy (non-hydrogen) atoms. The van der Waals surface area contributed by atoms with Crippen molar-refractivity contribution in [2.75, 3.05) is 5.32 Å². The van der Waals surface area contributed by atoms with Crippen molar-refractivity contribution in [1.29, 1.82) is 0 Å². The number of rotatable bonds is 6. The van der Waals surface area contributed by atoms with E-state index in [1.165, 1.54) is 24.7 Å². The molecule has 4 rings (SSSR count). The average molecular weight is 420 g/mol. The molecule has 0 saturated heterocycles. The van der Waals surface area contributed by atoms with Gasteiger partial charge in [-0.3, -0.25) is 10.1 Å². The number of aromatic nitrogens is 3. The van der Waals surface area contributed by atoms with Crippen LogP contribution in [0.25, 0.3) is 16.7 Å². The van der Waals surface area contributed by atoms with E-state index in [1.807, 2.05) is 30.3 Å². The number of nitrogens with one attached hydrogen (secondary N) is 2. The number of benzene rings is 2. The lowest BCUT2D eigenvalue weighted by Crippen LogP contribution is -2.33. The maximum atomic E-state index is 12.0. The van der Waals surface area contributed by atoms with Crippen molar-refractivity contribution in [3.8, 4) is 5.69 Å². The zero-order valence-corrected chi connectivity index (χ0v) is 17.3. The molecule has 0 aliphatic carbocycles. The van der Waals surface area contributed by atoms with Crippen LogP contribution in [0.3, 0.4) is 0 Å². The van der Waals surface area contributed by atoms with E-state index in [2.05, 4.69) is 39.9 Å². The van der Waals surface area contributed by atoms with Gasteiger partial charge in [0.2, 0.25) is 0 Å². The minimum Gasteiger partial charge on any atom is -0.459 e. The fourth-order valence-corrected chi connectivity index (χ4v) is 3.23. The second-order valence-corrected chi connectivity index (χ2v) is 7.26. The number of furan rings is 1. The minimum atomic E-state index is -0.410. The summed E-state index contributed by atoms with van der Waals surface area (Å²) in [7, 11) is 0. The molecule has 0 unspecified atom stereocenters. The number of carbonyl (C=O) groups is 1. The number of aryl methyl sites for hydroxylation is 1. The van der Waals surface area contributed by atoms with E-state index in [0.717, 1.165) is 23.1 Å². The molecule has 2 aromatic heterocycles. The molecule has 0 atom stereocenters. The minimum absolute atomic E-state index is 0.172. The van der Waals surface area contributed by atoms with Crippen molar-refractivity contribution >= 4 is 40.0 Å². The van der Waals surface area contributed by atoms with E-state index in [9.17, 15) is 4.79 Å². The van der Waals surface area contributed by atoms with E-state index in [-0.39, 0.29) is 10.9 Å². The first-order valence-electron chi connectivity index (χ1n) is 9.74. The molecule has 2 heterocycles. The smallest absolute Gasteiger partial charge is 0.293 e. The third kappa shape index (κ3) is 4.55. The molecule has 0 bridgehead atoms. The molecule has 0 aliphatic heterocycles. The van der Waals surface area contributed by atoms with Gasteiger partial charge < -0.3 is 9.73 Å². The van der Waals surface area contributed by atoms with Gasteiger partial charge >= 0.3 is 0 Å². The number of hydrogen-bond donors (Lipinski definition) is 2. The van der Waals surface area contributed by atoms with Crippen LogP contribution < -0.4 is 10.6 Å². The normalized spacial score (nSPS) is 10.8. The Morgan fingerprint density at radius 2 is 1.90 bits per heavy atom. The van der Waals surface area contributed by atoms with Crippen LogP contribution in [-0.4, -0.2) is 26.0 Å². The number of hydrogen-bond acceptors (Lipinski definition) is 5. The van der Waals surface area contributed by atoms with E-state index < -0.39 is 5.91 Å². The van der Waals surface area contributed by atoms with Gasteiger partial charge in [-0.1, -0.05) is 25.5 Å². The topological polar surface area (TPSA) is 85.0 Å². The summed E-state index contributed by atoms with van der Waals surface area (Å²) >= 11 is 5.21. The molecular weight excluding hydrogens is 398 g/mol. The van der Waals surface area contributed by atoms with Gasteiger partial charge in [-0.05, 0) is 73.1 Å². The van der Waals surface area contributed by atoms with Crippen LogP contribution >= 0.6 is 12.2 Å². The van der Waals surface area contributed by atoms with Gasteiger partial charge in [-0.2, -0.15) is 4.80 Å². The number of fused-ring (bicyclic) bond motifs is 1. The zero-order chi connectivity index (χ0) is 20.9. The van der Waals surface area contributed by atoms with Gasteiger partial charge in [0.15, 0.2) is 10.9 Å². The molecule has 1 amide bonds. The van der Waals surface area contributed by atoms with Gasteiger partial charge in [-0.25, -0.2) is 0 Å². The fourth-order valence-electron chi connectivity index (χ4n) is 3.02. The Morgan fingerprint density at radius 1 is 1.10 bits per heavy atom. The van der Waals surface area contributed by atoms with Crippen molar-refractivity contribution in [1.82, 2.24) is 20.3 Å². The van der Waals surface area contributed by atoms with Gasteiger partial charge in [0.05, 0.1) is 12.0 Å². The highest BCUT2D eigenvalue weighted by Gasteiger charge is 2.11. The van der Waals surface area contributed by atoms with Crippen LogP contribution in [0.2, 0.25) is 0 Å². The summed E-state index contributed by atoms with van der Waals surface area (Å²) in [6.07, 6.45) is 4.88. The quantitative estimate of drug-likeness (QED) is 0.448. The highest BCUT2D eigenvalue weighted by Crippen LogP contribution is 2.18. The van der Waals surface area contributed by atoms with Crippen LogP contribution in [0, 0.1) is 0 Å². The summed E-state index contributed by atoms with van der Waals surface area (Å²) in [5.41, 5.74) is 4.40. The highest BCUT2D eigenvalue weighted by atomic mass is 32.1. The number of carbonyl (C=O) groups excluding carboxylic acids is 1. The Hall–Kier alpha value is -3.52. The number of unbranched alkanes of at least 4 members (excludes halogenated alkanes) is 1. The van der Waals surface area contributed by atoms with Gasteiger partial charge in [0.25, 0.3) is 5.91 Å². The van der Waals surface area contributed by atoms with Gasteiger partial charge in [0, 0.05) is 5.69 Å². The van der Waals surface area contributed by atoms with Crippen molar-refractivity contribution in [3.05, 3.63) is 72.2 Å². The van der Waals surface area contributed by atoms with Crippen LogP contribution in [0.5, 0.6) is 0 Å². The number of nitrogens with zero attached hydrogens (tertiary/aromatic N) is 3. The van der Waals surface area contributed by atoms with Crippen molar-refractivity contribution in [2.45, 2.75) is 26.2 Å². The Morgan fingerprint density at radius 3 is 2.63 bits per heavy atom. The second kappa shape index (κ2) is 8.87. The molecule has 0 fully saturated rings.